The maximum Gasteiger partial charge on any atom is 0.251 e. The van der Waals surface area contributed by atoms with Gasteiger partial charge in [0.15, 0.2) is 17.3 Å². The van der Waals surface area contributed by atoms with Crippen molar-refractivity contribution < 1.29 is 33.3 Å². The van der Waals surface area contributed by atoms with E-state index in [1.165, 1.54) is 49.8 Å². The third-order valence-corrected chi connectivity index (χ3v) is 6.34. The molecule has 2 aromatic heterocycles. The summed E-state index contributed by atoms with van der Waals surface area (Å²) in [7, 11) is 2.91. The Bertz CT molecular complexity index is 1420. The first-order valence-electron chi connectivity index (χ1n) is 10.9. The van der Waals surface area contributed by atoms with Crippen LogP contribution in [0.3, 0.4) is 0 Å². The molecule has 10 heteroatoms. The molecule has 0 atom stereocenters. The monoisotopic (exact) mass is 510 g/mol. The van der Waals surface area contributed by atoms with Crippen molar-refractivity contribution >= 4 is 33.1 Å². The van der Waals surface area contributed by atoms with Gasteiger partial charge in [0.2, 0.25) is 0 Å². The zero-order chi connectivity index (χ0) is 25.7. The molecule has 8 nitrogen and oxygen atoms in total. The lowest BCUT2D eigenvalue weighted by Crippen LogP contribution is -2.30. The Kier molecular flexibility index (Phi) is 7.77. The molecule has 0 aliphatic heterocycles. The van der Waals surface area contributed by atoms with Crippen molar-refractivity contribution in [3.63, 3.8) is 0 Å². The topological polar surface area (TPSA) is 107 Å². The van der Waals surface area contributed by atoms with E-state index in [1.54, 1.807) is 29.6 Å². The average molecular weight is 511 g/mol. The number of nitrogens with zero attached hydrogens (tertiary/aromatic N) is 1. The van der Waals surface area contributed by atoms with Crippen molar-refractivity contribution in [3.8, 4) is 28.5 Å². The first-order valence-corrected chi connectivity index (χ1v) is 11.8. The molecular formula is C26H23FN2O6S. The van der Waals surface area contributed by atoms with E-state index in [0.29, 0.717) is 38.6 Å². The predicted molar refractivity (Wildman–Crippen MR) is 134 cm³/mol. The smallest absolute Gasteiger partial charge is 0.251 e. The van der Waals surface area contributed by atoms with E-state index in [9.17, 15) is 14.0 Å². The van der Waals surface area contributed by atoms with Crippen molar-refractivity contribution in [2.45, 2.75) is 0 Å². The first kappa shape index (κ1) is 25.1. The fourth-order valence-corrected chi connectivity index (χ4v) is 4.53. The molecule has 0 fully saturated rings. The lowest BCUT2D eigenvalue weighted by Gasteiger charge is -2.12. The minimum absolute atomic E-state index is 0.0854. The van der Waals surface area contributed by atoms with E-state index in [1.807, 2.05) is 0 Å². The van der Waals surface area contributed by atoms with Crippen LogP contribution in [0.15, 0.2) is 53.9 Å². The molecule has 2 N–H and O–H groups in total. The van der Waals surface area contributed by atoms with Gasteiger partial charge in [0.05, 0.1) is 37.8 Å². The number of ether oxygens (including phenoxy) is 3. The van der Waals surface area contributed by atoms with E-state index < -0.39 is 11.7 Å². The number of aliphatic hydroxyl groups excluding tert-OH is 1. The summed E-state index contributed by atoms with van der Waals surface area (Å²) in [5, 5.41) is 14.0. The second kappa shape index (κ2) is 11.1. The van der Waals surface area contributed by atoms with Crippen molar-refractivity contribution in [1.82, 2.24) is 10.3 Å². The van der Waals surface area contributed by atoms with Crippen molar-refractivity contribution in [3.05, 3.63) is 71.0 Å². The summed E-state index contributed by atoms with van der Waals surface area (Å²) >= 11 is 1.25. The maximum atomic E-state index is 14.2. The van der Waals surface area contributed by atoms with Crippen LogP contribution in [0.2, 0.25) is 0 Å². The van der Waals surface area contributed by atoms with E-state index >= 15 is 0 Å². The largest absolute Gasteiger partial charge is 0.497 e. The number of ketones is 1. The Labute approximate surface area is 210 Å². The summed E-state index contributed by atoms with van der Waals surface area (Å²) in [5.74, 6) is -0.125. The number of rotatable bonds is 10. The van der Waals surface area contributed by atoms with E-state index in [0.717, 1.165) is 0 Å². The number of amides is 1. The first-order chi connectivity index (χ1) is 17.4. The number of methoxy groups -OCH3 is 2. The van der Waals surface area contributed by atoms with Crippen LogP contribution in [0.5, 0.6) is 17.2 Å². The number of benzene rings is 2. The lowest BCUT2D eigenvalue weighted by atomic mass is 10.1. The number of fused-ring (bicyclic) bond motifs is 1. The Morgan fingerprint density at radius 3 is 2.67 bits per heavy atom. The minimum Gasteiger partial charge on any atom is -0.497 e. The molecule has 4 aromatic rings. The SMILES string of the molecule is COc1cc(C(=O)CNC(=O)c2ccc(OCCO)c(OC)c2)nc(-c2csc3c(F)cccc23)c1. The molecule has 1 amide bonds. The van der Waals surface area contributed by atoms with Crippen LogP contribution < -0.4 is 19.5 Å². The minimum atomic E-state index is -0.488. The molecule has 2 heterocycles. The van der Waals surface area contributed by atoms with Crippen molar-refractivity contribution in [2.75, 3.05) is 34.0 Å². The van der Waals surface area contributed by atoms with Gasteiger partial charge in [-0.1, -0.05) is 12.1 Å². The number of carbonyl (C=O) groups excluding carboxylic acids is 2. The van der Waals surface area contributed by atoms with Gasteiger partial charge < -0.3 is 24.6 Å². The lowest BCUT2D eigenvalue weighted by molar-refractivity contribution is 0.0902. The van der Waals surface area contributed by atoms with Crippen LogP contribution in [0.4, 0.5) is 4.39 Å². The number of aliphatic hydroxyl groups is 1. The van der Waals surface area contributed by atoms with Crippen LogP contribution >= 0.6 is 11.3 Å². The number of carbonyl (C=O) groups is 2. The van der Waals surface area contributed by atoms with Gasteiger partial charge in [-0.15, -0.1) is 11.3 Å². The summed E-state index contributed by atoms with van der Waals surface area (Å²) in [5.41, 5.74) is 1.51. The standard InChI is InChI=1S/C26H23FN2O6S/c1-33-16-11-20(18-14-36-25-17(18)4-3-5-19(25)27)29-21(12-16)22(31)13-28-26(32)15-6-7-23(35-9-8-30)24(10-15)34-2/h3-7,10-12,14,30H,8-9,13H2,1-2H3,(H,28,32). The second-order valence-electron chi connectivity index (χ2n) is 7.59. The Morgan fingerprint density at radius 2 is 1.92 bits per heavy atom. The second-order valence-corrected chi connectivity index (χ2v) is 8.47. The molecule has 4 rings (SSSR count). The van der Waals surface area contributed by atoms with Crippen LogP contribution in [0.1, 0.15) is 20.8 Å². The number of nitrogens with one attached hydrogen (secondary N) is 1. The molecular weight excluding hydrogens is 487 g/mol. The average Bonchev–Trinajstić information content (AvgIpc) is 3.35. The highest BCUT2D eigenvalue weighted by molar-refractivity contribution is 7.17. The molecule has 0 radical (unpaired) electrons. The summed E-state index contributed by atoms with van der Waals surface area (Å²) in [6.45, 7) is -0.377. The summed E-state index contributed by atoms with van der Waals surface area (Å²) in [4.78, 5) is 30.0. The Hall–Kier alpha value is -4.02. The van der Waals surface area contributed by atoms with E-state index in [2.05, 4.69) is 10.3 Å². The summed E-state index contributed by atoms with van der Waals surface area (Å²) < 4.78 is 30.6. The van der Waals surface area contributed by atoms with Crippen LogP contribution in [0.25, 0.3) is 21.3 Å². The molecule has 2 aromatic carbocycles. The highest BCUT2D eigenvalue weighted by Crippen LogP contribution is 2.36. The van der Waals surface area contributed by atoms with Gasteiger partial charge in [0.25, 0.3) is 5.91 Å². The molecule has 0 saturated heterocycles. The summed E-state index contributed by atoms with van der Waals surface area (Å²) in [6.07, 6.45) is 0. The van der Waals surface area contributed by atoms with Crippen LogP contribution in [-0.2, 0) is 0 Å². The number of pyridine rings is 1. The van der Waals surface area contributed by atoms with Crippen LogP contribution in [-0.4, -0.2) is 55.8 Å². The van der Waals surface area contributed by atoms with Gasteiger partial charge in [-0.05, 0) is 24.3 Å². The Morgan fingerprint density at radius 1 is 1.08 bits per heavy atom. The van der Waals surface area contributed by atoms with Gasteiger partial charge in [0.1, 0.15) is 23.9 Å². The number of Topliss-reactive ketones (excluding diaryl/α,β-unsaturated/α-hetero) is 1. The van der Waals surface area contributed by atoms with Crippen LogP contribution in [0, 0.1) is 5.82 Å². The third kappa shape index (κ3) is 5.29. The van der Waals surface area contributed by atoms with Gasteiger partial charge >= 0.3 is 0 Å². The highest BCUT2D eigenvalue weighted by atomic mass is 32.1. The van der Waals surface area contributed by atoms with Crippen molar-refractivity contribution in [2.24, 2.45) is 0 Å². The fraction of sp³-hybridized carbons (Fsp3) is 0.192. The maximum absolute atomic E-state index is 14.2. The predicted octanol–water partition coefficient (Wildman–Crippen LogP) is 4.10. The zero-order valence-electron chi connectivity index (χ0n) is 19.5. The number of hydrogen-bond acceptors (Lipinski definition) is 8. The number of thiophene rings is 1. The van der Waals surface area contributed by atoms with E-state index in [4.69, 9.17) is 19.3 Å². The van der Waals surface area contributed by atoms with Gasteiger partial charge in [-0.3, -0.25) is 9.59 Å². The normalized spacial score (nSPS) is 10.8. The van der Waals surface area contributed by atoms with Gasteiger partial charge in [0, 0.05) is 34.0 Å². The quantitative estimate of drug-likeness (QED) is 0.309. The number of hydrogen-bond donors (Lipinski definition) is 2. The molecule has 36 heavy (non-hydrogen) atoms. The molecule has 0 unspecified atom stereocenters. The summed E-state index contributed by atoms with van der Waals surface area (Å²) in [6, 6.07) is 12.5. The van der Waals surface area contributed by atoms with Gasteiger partial charge in [-0.25, -0.2) is 9.37 Å². The number of aromatic nitrogens is 1. The van der Waals surface area contributed by atoms with Gasteiger partial charge in [-0.2, -0.15) is 0 Å². The molecule has 0 aliphatic rings. The molecule has 0 spiro atoms. The molecule has 186 valence electrons. The number of halogens is 1. The fourth-order valence-electron chi connectivity index (χ4n) is 3.56. The molecule has 0 saturated carbocycles. The molecule has 0 aliphatic carbocycles. The molecule has 0 bridgehead atoms. The van der Waals surface area contributed by atoms with Crippen molar-refractivity contribution in [1.29, 1.82) is 0 Å². The third-order valence-electron chi connectivity index (χ3n) is 5.33. The van der Waals surface area contributed by atoms with E-state index in [-0.39, 0.29) is 36.8 Å². The highest BCUT2D eigenvalue weighted by Gasteiger charge is 2.18. The Balaban J connectivity index is 1.53. The zero-order valence-corrected chi connectivity index (χ0v) is 20.4.